The Hall–Kier alpha value is -5.70. The summed E-state index contributed by atoms with van der Waals surface area (Å²) in [6.07, 6.45) is 0. The van der Waals surface area contributed by atoms with E-state index in [1.54, 1.807) is 0 Å². The van der Waals surface area contributed by atoms with Gasteiger partial charge in [-0.25, -0.2) is 0 Å². The molecule has 0 atom stereocenters. The summed E-state index contributed by atoms with van der Waals surface area (Å²) < 4.78 is 2.64. The van der Waals surface area contributed by atoms with E-state index in [2.05, 4.69) is 197 Å². The molecule has 0 saturated carbocycles. The second-order valence-electron chi connectivity index (χ2n) is 16.2. The first-order chi connectivity index (χ1) is 25.7. The molecular weight excluding hydrogens is 659 g/mol. The molecule has 1 aliphatic carbocycles. The highest BCUT2D eigenvalue weighted by atomic mass is 32.1. The molecule has 0 saturated heterocycles. The number of nitrogens with zero attached hydrogens (tertiary/aromatic N) is 1. The number of fused-ring (bicyclic) bond motifs is 8. The lowest BCUT2D eigenvalue weighted by molar-refractivity contribution is 0.596. The van der Waals surface area contributed by atoms with Crippen LogP contribution in [0.15, 0.2) is 158 Å². The van der Waals surface area contributed by atoms with Crippen molar-refractivity contribution in [2.75, 3.05) is 4.90 Å². The maximum atomic E-state index is 2.54. The third-order valence-corrected chi connectivity index (χ3v) is 12.7. The van der Waals surface area contributed by atoms with Crippen LogP contribution < -0.4 is 4.90 Å². The molecule has 0 unspecified atom stereocenters. The molecule has 0 bridgehead atoms. The topological polar surface area (TPSA) is 3.24 Å². The summed E-state index contributed by atoms with van der Waals surface area (Å²) in [5, 5.41) is 7.67. The van der Waals surface area contributed by atoms with E-state index in [1.165, 1.54) is 92.0 Å². The van der Waals surface area contributed by atoms with E-state index < -0.39 is 0 Å². The minimum atomic E-state index is -0.0654. The summed E-state index contributed by atoms with van der Waals surface area (Å²) in [6.45, 7) is 11.7. The van der Waals surface area contributed by atoms with Gasteiger partial charge in [0.2, 0.25) is 0 Å². The molecule has 256 valence electrons. The van der Waals surface area contributed by atoms with Crippen molar-refractivity contribution in [3.05, 3.63) is 174 Å². The number of hydrogen-bond donors (Lipinski definition) is 0. The fourth-order valence-corrected chi connectivity index (χ4v) is 10.2. The minimum Gasteiger partial charge on any atom is -0.309 e. The summed E-state index contributed by atoms with van der Waals surface area (Å²) in [5.41, 5.74) is 12.7. The van der Waals surface area contributed by atoms with Gasteiger partial charge in [-0.15, -0.1) is 11.3 Å². The zero-order valence-electron chi connectivity index (χ0n) is 30.9. The highest BCUT2D eigenvalue weighted by Crippen LogP contribution is 2.53. The van der Waals surface area contributed by atoms with Crippen LogP contribution in [-0.4, -0.2) is 0 Å². The molecule has 0 N–H and O–H groups in total. The Bertz CT molecular complexity index is 2920. The van der Waals surface area contributed by atoms with Gasteiger partial charge in [0.05, 0.1) is 11.4 Å². The lowest BCUT2D eigenvalue weighted by atomic mass is 9.82. The van der Waals surface area contributed by atoms with Gasteiger partial charge in [-0.05, 0) is 91.4 Å². The number of benzene rings is 8. The normalized spacial score (nSPS) is 13.5. The molecule has 0 aliphatic heterocycles. The maximum Gasteiger partial charge on any atom is 0.0546 e. The molecule has 8 aromatic carbocycles. The fraction of sp³-hybridized carbons (Fsp3) is 0.137. The number of anilines is 3. The van der Waals surface area contributed by atoms with Crippen LogP contribution in [0.5, 0.6) is 0 Å². The Morgan fingerprint density at radius 2 is 1.15 bits per heavy atom. The minimum absolute atomic E-state index is 0.000400. The molecule has 2 heteroatoms. The van der Waals surface area contributed by atoms with Gasteiger partial charge in [-0.1, -0.05) is 156 Å². The van der Waals surface area contributed by atoms with Crippen LogP contribution in [-0.2, 0) is 10.8 Å². The molecule has 0 spiro atoms. The Morgan fingerprint density at radius 1 is 0.491 bits per heavy atom. The van der Waals surface area contributed by atoms with Gasteiger partial charge in [-0.3, -0.25) is 0 Å². The van der Waals surface area contributed by atoms with Crippen molar-refractivity contribution in [3.63, 3.8) is 0 Å². The van der Waals surface area contributed by atoms with Gasteiger partial charge in [0.15, 0.2) is 0 Å². The average Bonchev–Trinajstić information content (AvgIpc) is 3.65. The van der Waals surface area contributed by atoms with Gasteiger partial charge in [-0.2, -0.15) is 0 Å². The largest absolute Gasteiger partial charge is 0.309 e. The van der Waals surface area contributed by atoms with Crippen molar-refractivity contribution in [1.29, 1.82) is 0 Å². The molecule has 1 aromatic heterocycles. The molecule has 53 heavy (non-hydrogen) atoms. The van der Waals surface area contributed by atoms with Crippen LogP contribution in [0.3, 0.4) is 0 Å². The smallest absolute Gasteiger partial charge is 0.0546 e. The van der Waals surface area contributed by atoms with Gasteiger partial charge in [0.25, 0.3) is 0 Å². The third kappa shape index (κ3) is 4.89. The SMILES string of the molecule is CC(C)(C)c1ccc(N(c2ccc3c(c2)-c2ccccc2C3(C)C)c2ccc3ccccc3c2-c2ccc3c(c2)sc2ccccc23)c2ccccc12. The summed E-state index contributed by atoms with van der Waals surface area (Å²) in [6, 6.07) is 59.2. The third-order valence-electron chi connectivity index (χ3n) is 11.6. The maximum absolute atomic E-state index is 2.54. The van der Waals surface area contributed by atoms with E-state index in [4.69, 9.17) is 0 Å². The first kappa shape index (κ1) is 32.0. The van der Waals surface area contributed by atoms with Crippen LogP contribution in [0, 0.1) is 0 Å². The van der Waals surface area contributed by atoms with Gasteiger partial charge in [0, 0.05) is 42.2 Å². The van der Waals surface area contributed by atoms with Crippen LogP contribution in [0.2, 0.25) is 0 Å². The number of rotatable bonds is 4. The molecule has 10 rings (SSSR count). The lowest BCUT2D eigenvalue weighted by Gasteiger charge is -2.32. The van der Waals surface area contributed by atoms with Crippen molar-refractivity contribution in [2.24, 2.45) is 0 Å². The lowest BCUT2D eigenvalue weighted by Crippen LogP contribution is -2.16. The molecule has 9 aromatic rings. The quantitative estimate of drug-likeness (QED) is 0.177. The van der Waals surface area contributed by atoms with Crippen LogP contribution >= 0.6 is 11.3 Å². The van der Waals surface area contributed by atoms with Crippen molar-refractivity contribution in [2.45, 2.75) is 45.4 Å². The van der Waals surface area contributed by atoms with E-state index in [9.17, 15) is 0 Å². The van der Waals surface area contributed by atoms with Crippen molar-refractivity contribution < 1.29 is 0 Å². The second-order valence-corrected chi connectivity index (χ2v) is 17.2. The van der Waals surface area contributed by atoms with Crippen molar-refractivity contribution in [3.8, 4) is 22.3 Å². The van der Waals surface area contributed by atoms with Crippen molar-refractivity contribution >= 4 is 70.1 Å². The van der Waals surface area contributed by atoms with E-state index in [0.29, 0.717) is 0 Å². The van der Waals surface area contributed by atoms with E-state index in [1.807, 2.05) is 11.3 Å². The molecule has 1 heterocycles. The molecule has 0 amide bonds. The predicted molar refractivity (Wildman–Crippen MR) is 231 cm³/mol. The highest BCUT2D eigenvalue weighted by molar-refractivity contribution is 7.25. The highest BCUT2D eigenvalue weighted by Gasteiger charge is 2.36. The second kappa shape index (κ2) is 11.7. The van der Waals surface area contributed by atoms with E-state index in [0.717, 1.165) is 5.69 Å². The molecular formula is C51H41NS. The molecule has 0 radical (unpaired) electrons. The Balaban J connectivity index is 1.30. The zero-order valence-corrected chi connectivity index (χ0v) is 31.7. The molecule has 1 aliphatic rings. The van der Waals surface area contributed by atoms with Crippen LogP contribution in [0.1, 0.15) is 51.3 Å². The fourth-order valence-electron chi connectivity index (χ4n) is 9.02. The first-order valence-electron chi connectivity index (χ1n) is 18.7. The number of hydrogen-bond acceptors (Lipinski definition) is 2. The van der Waals surface area contributed by atoms with Gasteiger partial charge < -0.3 is 4.90 Å². The zero-order chi connectivity index (χ0) is 36.1. The summed E-state index contributed by atoms with van der Waals surface area (Å²) in [7, 11) is 0. The standard InChI is InChI=1S/C51H41NS/c1-50(2,3)42-27-29-45(38-18-9-8-16-36(38)42)52(34-24-26-44-41(31-34)37-17-10-12-20-43(37)51(44,4)5)46-28-23-32-14-6-7-15-35(32)49(46)33-22-25-40-39-19-11-13-21-47(39)53-48(40)30-33/h6-31H,1-5H3. The Kier molecular flexibility index (Phi) is 7.03. The predicted octanol–water partition coefficient (Wildman–Crippen LogP) is 15.1. The van der Waals surface area contributed by atoms with E-state index in [-0.39, 0.29) is 10.8 Å². The van der Waals surface area contributed by atoms with Gasteiger partial charge in [0.1, 0.15) is 0 Å². The summed E-state index contributed by atoms with van der Waals surface area (Å²) in [5.74, 6) is 0. The number of thiophene rings is 1. The molecule has 1 nitrogen and oxygen atoms in total. The average molecular weight is 700 g/mol. The van der Waals surface area contributed by atoms with Crippen molar-refractivity contribution in [1.82, 2.24) is 0 Å². The van der Waals surface area contributed by atoms with Gasteiger partial charge >= 0.3 is 0 Å². The first-order valence-corrected chi connectivity index (χ1v) is 19.5. The van der Waals surface area contributed by atoms with Crippen LogP contribution in [0.4, 0.5) is 17.1 Å². The van der Waals surface area contributed by atoms with E-state index >= 15 is 0 Å². The molecule has 0 fully saturated rings. The summed E-state index contributed by atoms with van der Waals surface area (Å²) >= 11 is 1.88. The van der Waals surface area contributed by atoms with Crippen LogP contribution in [0.25, 0.3) is 64.0 Å². The monoisotopic (exact) mass is 699 g/mol. The Labute approximate surface area is 315 Å². The summed E-state index contributed by atoms with van der Waals surface area (Å²) in [4.78, 5) is 2.54. The Morgan fingerprint density at radius 3 is 1.98 bits per heavy atom.